The number of hydrogen-bond donors (Lipinski definition) is 1. The van der Waals surface area contributed by atoms with Gasteiger partial charge in [0.05, 0.1) is 31.6 Å². The molecule has 27 heavy (non-hydrogen) atoms. The molecule has 0 atom stereocenters. The smallest absolute Gasteiger partial charge is 0.340 e. The molecule has 0 bridgehead atoms. The van der Waals surface area contributed by atoms with Crippen LogP contribution in [-0.2, 0) is 11.2 Å². The first-order valence-corrected chi connectivity index (χ1v) is 8.16. The number of aryl methyl sites for hydroxylation is 1. The highest BCUT2D eigenvalue weighted by atomic mass is 19.1. The van der Waals surface area contributed by atoms with E-state index < -0.39 is 17.3 Å². The van der Waals surface area contributed by atoms with Gasteiger partial charge >= 0.3 is 5.63 Å². The Hall–Kier alpha value is -3.35. The molecule has 1 N–H and O–H groups in total. The van der Waals surface area contributed by atoms with E-state index in [2.05, 4.69) is 5.32 Å². The van der Waals surface area contributed by atoms with Crippen LogP contribution < -0.4 is 20.4 Å². The number of benzene rings is 2. The maximum absolute atomic E-state index is 13.0. The summed E-state index contributed by atoms with van der Waals surface area (Å²) in [4.78, 5) is 24.7. The van der Waals surface area contributed by atoms with Gasteiger partial charge in [0.2, 0.25) is 5.91 Å². The van der Waals surface area contributed by atoms with Crippen molar-refractivity contribution in [3.8, 4) is 11.5 Å². The minimum atomic E-state index is -0.607. The molecule has 1 heterocycles. The second kappa shape index (κ2) is 7.49. The zero-order chi connectivity index (χ0) is 19.6. The Morgan fingerprint density at radius 3 is 2.48 bits per heavy atom. The molecule has 0 saturated carbocycles. The second-order valence-electron chi connectivity index (χ2n) is 5.93. The van der Waals surface area contributed by atoms with Crippen LogP contribution in [0.3, 0.4) is 0 Å². The monoisotopic (exact) mass is 371 g/mol. The fourth-order valence-electron chi connectivity index (χ4n) is 2.86. The fraction of sp³-hybridized carbons (Fsp3) is 0.200. The Morgan fingerprint density at radius 1 is 1.15 bits per heavy atom. The molecule has 1 amide bonds. The summed E-state index contributed by atoms with van der Waals surface area (Å²) in [5.74, 6) is 0.153. The molecule has 0 radical (unpaired) electrons. The van der Waals surface area contributed by atoms with Crippen LogP contribution in [0, 0.1) is 12.7 Å². The molecular weight excluding hydrogens is 353 g/mol. The van der Waals surface area contributed by atoms with Crippen LogP contribution in [0.4, 0.5) is 10.1 Å². The summed E-state index contributed by atoms with van der Waals surface area (Å²) in [5.41, 5.74) is 0.966. The standard InChI is InChI=1S/C20H18FNO5/c1-11-15(10-18(23)22-13-6-4-12(21)5-7-13)20(24)27-17-9-14(25-2)8-16(26-3)19(11)17/h4-9H,10H2,1-3H3,(H,22,23). The number of ether oxygens (including phenoxy) is 2. The number of halogens is 1. The predicted molar refractivity (Wildman–Crippen MR) is 99.1 cm³/mol. The lowest BCUT2D eigenvalue weighted by Gasteiger charge is -2.12. The lowest BCUT2D eigenvalue weighted by molar-refractivity contribution is -0.115. The second-order valence-corrected chi connectivity index (χ2v) is 5.93. The van der Waals surface area contributed by atoms with E-state index in [1.807, 2.05) is 0 Å². The van der Waals surface area contributed by atoms with Crippen molar-refractivity contribution in [3.05, 3.63) is 63.8 Å². The van der Waals surface area contributed by atoms with E-state index >= 15 is 0 Å². The summed E-state index contributed by atoms with van der Waals surface area (Å²) in [6.07, 6.45) is -0.184. The first-order valence-electron chi connectivity index (χ1n) is 8.16. The van der Waals surface area contributed by atoms with Crippen LogP contribution >= 0.6 is 0 Å². The van der Waals surface area contributed by atoms with Crippen molar-refractivity contribution in [2.24, 2.45) is 0 Å². The number of methoxy groups -OCH3 is 2. The van der Waals surface area contributed by atoms with E-state index in [-0.39, 0.29) is 12.0 Å². The minimum absolute atomic E-state index is 0.184. The van der Waals surface area contributed by atoms with Gasteiger partial charge < -0.3 is 19.2 Å². The fourth-order valence-corrected chi connectivity index (χ4v) is 2.86. The molecule has 1 aromatic heterocycles. The Bertz CT molecular complexity index is 1060. The van der Waals surface area contributed by atoms with Gasteiger partial charge in [-0.3, -0.25) is 4.79 Å². The lowest BCUT2D eigenvalue weighted by atomic mass is 10.0. The van der Waals surface area contributed by atoms with Crippen molar-refractivity contribution < 1.29 is 23.1 Å². The SMILES string of the molecule is COc1cc(OC)c2c(C)c(CC(=O)Nc3ccc(F)cc3)c(=O)oc2c1. The Morgan fingerprint density at radius 2 is 1.85 bits per heavy atom. The Kier molecular flexibility index (Phi) is 5.12. The third kappa shape index (κ3) is 3.76. The molecule has 0 unspecified atom stereocenters. The van der Waals surface area contributed by atoms with Crippen molar-refractivity contribution >= 4 is 22.6 Å². The van der Waals surface area contributed by atoms with Crippen LogP contribution in [0.15, 0.2) is 45.6 Å². The molecule has 0 saturated heterocycles. The maximum Gasteiger partial charge on any atom is 0.340 e. The average Bonchev–Trinajstić information content (AvgIpc) is 2.65. The van der Waals surface area contributed by atoms with Gasteiger partial charge in [-0.15, -0.1) is 0 Å². The Balaban J connectivity index is 1.97. The summed E-state index contributed by atoms with van der Waals surface area (Å²) in [6.45, 7) is 1.73. The Labute approximate surface area is 154 Å². The van der Waals surface area contributed by atoms with Crippen molar-refractivity contribution in [1.29, 1.82) is 0 Å². The van der Waals surface area contributed by atoms with Gasteiger partial charge in [-0.2, -0.15) is 0 Å². The molecule has 6 nitrogen and oxygen atoms in total. The molecule has 7 heteroatoms. The first-order chi connectivity index (χ1) is 12.9. The van der Waals surface area contributed by atoms with Gasteiger partial charge in [0.15, 0.2) is 0 Å². The largest absolute Gasteiger partial charge is 0.496 e. The number of carbonyl (C=O) groups is 1. The van der Waals surface area contributed by atoms with E-state index in [0.29, 0.717) is 33.7 Å². The van der Waals surface area contributed by atoms with E-state index in [9.17, 15) is 14.0 Å². The predicted octanol–water partition coefficient (Wildman–Crippen LogP) is 3.44. The molecule has 0 aliphatic rings. The summed E-state index contributed by atoms with van der Waals surface area (Å²) in [7, 11) is 3.00. The molecule has 0 aliphatic carbocycles. The van der Waals surface area contributed by atoms with E-state index in [4.69, 9.17) is 13.9 Å². The van der Waals surface area contributed by atoms with Crippen LogP contribution in [0.25, 0.3) is 11.0 Å². The van der Waals surface area contributed by atoms with Gasteiger partial charge in [0.25, 0.3) is 0 Å². The van der Waals surface area contributed by atoms with Gasteiger partial charge in [0.1, 0.15) is 22.9 Å². The summed E-state index contributed by atoms with van der Waals surface area (Å²) < 4.78 is 28.9. The van der Waals surface area contributed by atoms with E-state index in [1.54, 1.807) is 19.1 Å². The molecular formula is C20H18FNO5. The van der Waals surface area contributed by atoms with Crippen LogP contribution in [0.2, 0.25) is 0 Å². The first kappa shape index (κ1) is 18.4. The third-order valence-corrected chi connectivity index (χ3v) is 4.24. The number of rotatable bonds is 5. The van der Waals surface area contributed by atoms with Crippen LogP contribution in [0.1, 0.15) is 11.1 Å². The molecule has 2 aromatic carbocycles. The minimum Gasteiger partial charge on any atom is -0.496 e. The molecule has 3 aromatic rings. The molecule has 0 fully saturated rings. The van der Waals surface area contributed by atoms with Crippen molar-refractivity contribution in [2.75, 3.05) is 19.5 Å². The van der Waals surface area contributed by atoms with Gasteiger partial charge in [-0.05, 0) is 36.8 Å². The number of carbonyl (C=O) groups excluding carboxylic acids is 1. The third-order valence-electron chi connectivity index (χ3n) is 4.24. The zero-order valence-electron chi connectivity index (χ0n) is 15.1. The van der Waals surface area contributed by atoms with Gasteiger partial charge in [-0.25, -0.2) is 9.18 Å². The van der Waals surface area contributed by atoms with E-state index in [0.717, 1.165) is 0 Å². The van der Waals surface area contributed by atoms with Crippen LogP contribution in [-0.4, -0.2) is 20.1 Å². The topological polar surface area (TPSA) is 77.8 Å². The molecule has 140 valence electrons. The average molecular weight is 371 g/mol. The highest BCUT2D eigenvalue weighted by Gasteiger charge is 2.18. The summed E-state index contributed by atoms with van der Waals surface area (Å²) in [6, 6.07) is 8.63. The van der Waals surface area contributed by atoms with Crippen molar-refractivity contribution in [2.45, 2.75) is 13.3 Å². The maximum atomic E-state index is 13.0. The summed E-state index contributed by atoms with van der Waals surface area (Å²) in [5, 5.41) is 3.23. The van der Waals surface area contributed by atoms with E-state index in [1.165, 1.54) is 38.5 Å². The number of anilines is 1. The van der Waals surface area contributed by atoms with Crippen molar-refractivity contribution in [1.82, 2.24) is 0 Å². The zero-order valence-corrected chi connectivity index (χ0v) is 15.1. The van der Waals surface area contributed by atoms with Crippen LogP contribution in [0.5, 0.6) is 11.5 Å². The number of amides is 1. The van der Waals surface area contributed by atoms with Gasteiger partial charge in [0, 0.05) is 17.8 Å². The number of nitrogens with one attached hydrogen (secondary N) is 1. The quantitative estimate of drug-likeness (QED) is 0.695. The molecule has 3 rings (SSSR count). The number of hydrogen-bond acceptors (Lipinski definition) is 5. The highest BCUT2D eigenvalue weighted by Crippen LogP contribution is 2.33. The summed E-state index contributed by atoms with van der Waals surface area (Å²) >= 11 is 0. The van der Waals surface area contributed by atoms with Gasteiger partial charge in [-0.1, -0.05) is 0 Å². The lowest BCUT2D eigenvalue weighted by Crippen LogP contribution is -2.20. The van der Waals surface area contributed by atoms with Crippen molar-refractivity contribution in [3.63, 3.8) is 0 Å². The molecule has 0 spiro atoms. The number of fused-ring (bicyclic) bond motifs is 1. The highest BCUT2D eigenvalue weighted by molar-refractivity contribution is 5.94. The normalized spacial score (nSPS) is 10.7. The molecule has 0 aliphatic heterocycles.